The first kappa shape index (κ1) is 17.1. The van der Waals surface area contributed by atoms with Crippen molar-refractivity contribution in [1.29, 1.82) is 0 Å². The molecule has 1 fully saturated rings. The van der Waals surface area contributed by atoms with Crippen molar-refractivity contribution < 1.29 is 14.3 Å². The van der Waals surface area contributed by atoms with Gasteiger partial charge in [0.2, 0.25) is 0 Å². The molecule has 1 aromatic carbocycles. The molecule has 0 bridgehead atoms. The number of nitrogens with one attached hydrogen (secondary N) is 1. The van der Waals surface area contributed by atoms with Crippen molar-refractivity contribution in [2.75, 3.05) is 38.3 Å². The third kappa shape index (κ3) is 4.62. The lowest BCUT2D eigenvalue weighted by Gasteiger charge is -2.16. The number of amides is 1. The van der Waals surface area contributed by atoms with Crippen LogP contribution in [0.4, 0.5) is 5.82 Å². The van der Waals surface area contributed by atoms with Crippen LogP contribution in [0.5, 0.6) is 11.5 Å². The second-order valence-electron chi connectivity index (χ2n) is 5.88. The average Bonchev–Trinajstić information content (AvgIpc) is 3.20. The molecule has 6 nitrogen and oxygen atoms in total. The second kappa shape index (κ2) is 8.37. The predicted octanol–water partition coefficient (Wildman–Crippen LogP) is 2.50. The van der Waals surface area contributed by atoms with E-state index < -0.39 is 0 Å². The Balaban J connectivity index is 1.42. The normalized spacial score (nSPS) is 13.6. The molecule has 1 aliphatic rings. The number of ether oxygens (including phenoxy) is 2. The average molecular weight is 341 g/mol. The molecule has 1 aliphatic heterocycles. The van der Waals surface area contributed by atoms with Gasteiger partial charge < -0.3 is 19.7 Å². The van der Waals surface area contributed by atoms with Gasteiger partial charge >= 0.3 is 0 Å². The summed E-state index contributed by atoms with van der Waals surface area (Å²) in [7, 11) is 1.62. The van der Waals surface area contributed by atoms with E-state index in [1.807, 2.05) is 36.4 Å². The van der Waals surface area contributed by atoms with E-state index in [1.165, 1.54) is 12.8 Å². The van der Waals surface area contributed by atoms with E-state index in [2.05, 4.69) is 15.2 Å². The van der Waals surface area contributed by atoms with E-state index in [0.717, 1.165) is 30.4 Å². The maximum absolute atomic E-state index is 12.1. The van der Waals surface area contributed by atoms with Crippen LogP contribution >= 0.6 is 0 Å². The minimum Gasteiger partial charge on any atom is -0.497 e. The fourth-order valence-corrected chi connectivity index (χ4v) is 2.76. The molecule has 2 heterocycles. The number of aromatic nitrogens is 1. The van der Waals surface area contributed by atoms with Gasteiger partial charge in [-0.15, -0.1) is 0 Å². The van der Waals surface area contributed by atoms with Gasteiger partial charge in [-0.3, -0.25) is 4.79 Å². The summed E-state index contributed by atoms with van der Waals surface area (Å²) < 4.78 is 10.7. The Labute approximate surface area is 147 Å². The van der Waals surface area contributed by atoms with E-state index in [9.17, 15) is 4.79 Å². The number of benzene rings is 1. The van der Waals surface area contributed by atoms with Crippen LogP contribution < -0.4 is 19.7 Å². The van der Waals surface area contributed by atoms with Gasteiger partial charge in [0.05, 0.1) is 19.2 Å². The zero-order valence-corrected chi connectivity index (χ0v) is 14.4. The van der Waals surface area contributed by atoms with Crippen molar-refractivity contribution in [2.45, 2.75) is 12.8 Å². The lowest BCUT2D eigenvalue weighted by atomic mass is 10.2. The molecule has 25 heavy (non-hydrogen) atoms. The van der Waals surface area contributed by atoms with Crippen LogP contribution in [0.25, 0.3) is 0 Å². The monoisotopic (exact) mass is 341 g/mol. The van der Waals surface area contributed by atoms with Gasteiger partial charge in [0.15, 0.2) is 0 Å². The highest BCUT2D eigenvalue weighted by molar-refractivity contribution is 5.94. The highest BCUT2D eigenvalue weighted by Gasteiger charge is 2.14. The van der Waals surface area contributed by atoms with Gasteiger partial charge in [0, 0.05) is 19.3 Å². The molecule has 132 valence electrons. The van der Waals surface area contributed by atoms with E-state index in [-0.39, 0.29) is 5.91 Å². The second-order valence-corrected chi connectivity index (χ2v) is 5.88. The summed E-state index contributed by atoms with van der Waals surface area (Å²) in [6.45, 7) is 2.92. The van der Waals surface area contributed by atoms with Crippen LogP contribution in [0.2, 0.25) is 0 Å². The molecule has 0 aliphatic carbocycles. The predicted molar refractivity (Wildman–Crippen MR) is 96.5 cm³/mol. The number of hydrogen-bond acceptors (Lipinski definition) is 5. The molecule has 0 atom stereocenters. The summed E-state index contributed by atoms with van der Waals surface area (Å²) in [5, 5.41) is 2.84. The number of nitrogens with zero attached hydrogens (tertiary/aromatic N) is 2. The molecular weight excluding hydrogens is 318 g/mol. The third-order valence-corrected chi connectivity index (χ3v) is 4.16. The van der Waals surface area contributed by atoms with E-state index >= 15 is 0 Å². The van der Waals surface area contributed by atoms with Gasteiger partial charge in [0.25, 0.3) is 5.91 Å². The van der Waals surface area contributed by atoms with Gasteiger partial charge in [-0.05, 0) is 49.2 Å². The van der Waals surface area contributed by atoms with E-state index in [0.29, 0.717) is 18.7 Å². The van der Waals surface area contributed by atoms with Crippen molar-refractivity contribution in [3.8, 4) is 11.5 Å². The standard InChI is InChI=1S/C19H23N3O3/c1-24-16-5-7-17(8-6-16)25-13-10-20-19(23)15-4-9-18(21-14-15)22-11-2-3-12-22/h4-9,14H,2-3,10-13H2,1H3,(H,20,23). The first-order chi connectivity index (χ1) is 12.3. The van der Waals surface area contributed by atoms with Crippen LogP contribution in [0.1, 0.15) is 23.2 Å². The first-order valence-corrected chi connectivity index (χ1v) is 8.52. The molecule has 1 N–H and O–H groups in total. The molecule has 0 radical (unpaired) electrons. The SMILES string of the molecule is COc1ccc(OCCNC(=O)c2ccc(N3CCCC3)nc2)cc1. The van der Waals surface area contributed by atoms with Crippen LogP contribution in [0.15, 0.2) is 42.6 Å². The Bertz CT molecular complexity index is 680. The number of pyridine rings is 1. The quantitative estimate of drug-likeness (QED) is 0.784. The fourth-order valence-electron chi connectivity index (χ4n) is 2.76. The zero-order chi connectivity index (χ0) is 17.5. The lowest BCUT2D eigenvalue weighted by Crippen LogP contribution is -2.28. The number of rotatable bonds is 7. The Kier molecular flexibility index (Phi) is 5.72. The Morgan fingerprint density at radius 3 is 2.48 bits per heavy atom. The molecular formula is C19H23N3O3. The van der Waals surface area contributed by atoms with Crippen LogP contribution in [-0.4, -0.2) is 44.2 Å². The van der Waals surface area contributed by atoms with Crippen molar-refractivity contribution in [3.05, 3.63) is 48.2 Å². The van der Waals surface area contributed by atoms with Crippen LogP contribution in [0.3, 0.4) is 0 Å². The molecule has 0 unspecified atom stereocenters. The lowest BCUT2D eigenvalue weighted by molar-refractivity contribution is 0.0946. The minimum absolute atomic E-state index is 0.140. The summed E-state index contributed by atoms with van der Waals surface area (Å²) in [5.74, 6) is 2.33. The van der Waals surface area contributed by atoms with Gasteiger partial charge in [0.1, 0.15) is 23.9 Å². The maximum atomic E-state index is 12.1. The number of carbonyl (C=O) groups is 1. The molecule has 2 aromatic rings. The molecule has 0 saturated carbocycles. The summed E-state index contributed by atoms with van der Waals surface area (Å²) in [6.07, 6.45) is 4.05. The minimum atomic E-state index is -0.140. The Morgan fingerprint density at radius 1 is 1.12 bits per heavy atom. The van der Waals surface area contributed by atoms with Gasteiger partial charge in [-0.2, -0.15) is 0 Å². The Hall–Kier alpha value is -2.76. The summed E-state index contributed by atoms with van der Waals surface area (Å²) in [5.41, 5.74) is 0.562. The largest absolute Gasteiger partial charge is 0.497 e. The van der Waals surface area contributed by atoms with Crippen molar-refractivity contribution >= 4 is 11.7 Å². The molecule has 6 heteroatoms. The third-order valence-electron chi connectivity index (χ3n) is 4.16. The van der Waals surface area contributed by atoms with E-state index in [4.69, 9.17) is 9.47 Å². The Morgan fingerprint density at radius 2 is 1.84 bits per heavy atom. The number of anilines is 1. The molecule has 0 spiro atoms. The fraction of sp³-hybridized carbons (Fsp3) is 0.368. The molecule has 1 amide bonds. The number of methoxy groups -OCH3 is 1. The molecule has 1 aromatic heterocycles. The highest BCUT2D eigenvalue weighted by atomic mass is 16.5. The number of hydrogen-bond donors (Lipinski definition) is 1. The number of carbonyl (C=O) groups excluding carboxylic acids is 1. The molecule has 3 rings (SSSR count). The maximum Gasteiger partial charge on any atom is 0.252 e. The first-order valence-electron chi connectivity index (χ1n) is 8.52. The topological polar surface area (TPSA) is 63.7 Å². The van der Waals surface area contributed by atoms with Crippen molar-refractivity contribution in [2.24, 2.45) is 0 Å². The summed E-state index contributed by atoms with van der Waals surface area (Å²) in [4.78, 5) is 18.8. The zero-order valence-electron chi connectivity index (χ0n) is 14.4. The van der Waals surface area contributed by atoms with Gasteiger partial charge in [-0.1, -0.05) is 0 Å². The molecule has 1 saturated heterocycles. The van der Waals surface area contributed by atoms with Gasteiger partial charge in [-0.25, -0.2) is 4.98 Å². The summed E-state index contributed by atoms with van der Waals surface area (Å²) >= 11 is 0. The van der Waals surface area contributed by atoms with Crippen LogP contribution in [-0.2, 0) is 0 Å². The van der Waals surface area contributed by atoms with E-state index in [1.54, 1.807) is 13.3 Å². The summed E-state index contributed by atoms with van der Waals surface area (Å²) in [6, 6.07) is 11.1. The van der Waals surface area contributed by atoms with Crippen LogP contribution in [0, 0.1) is 0 Å². The smallest absolute Gasteiger partial charge is 0.252 e. The van der Waals surface area contributed by atoms with Crippen molar-refractivity contribution in [3.63, 3.8) is 0 Å². The highest BCUT2D eigenvalue weighted by Crippen LogP contribution is 2.18. The van der Waals surface area contributed by atoms with Crippen molar-refractivity contribution in [1.82, 2.24) is 10.3 Å².